The lowest BCUT2D eigenvalue weighted by Crippen LogP contribution is -2.01. The summed E-state index contributed by atoms with van der Waals surface area (Å²) in [6, 6.07) is 35.2. The molecule has 0 bridgehead atoms. The van der Waals surface area contributed by atoms with Crippen molar-refractivity contribution in [1.82, 2.24) is 14.8 Å². The van der Waals surface area contributed by atoms with Gasteiger partial charge in [-0.2, -0.15) is 10.4 Å². The highest BCUT2D eigenvalue weighted by atomic mass is 35.5. The zero-order valence-corrected chi connectivity index (χ0v) is 22.6. The van der Waals surface area contributed by atoms with E-state index in [4.69, 9.17) is 31.2 Å². The molecule has 2 aromatic heterocycles. The molecule has 6 nitrogen and oxygen atoms in total. The first-order chi connectivity index (χ1) is 19.6. The summed E-state index contributed by atoms with van der Waals surface area (Å²) in [6.07, 6.45) is 0. The van der Waals surface area contributed by atoms with Crippen molar-refractivity contribution >= 4 is 22.6 Å². The Morgan fingerprint density at radius 2 is 1.35 bits per heavy atom. The van der Waals surface area contributed by atoms with Crippen LogP contribution in [0.4, 0.5) is 0 Å². The number of benzene rings is 4. The van der Waals surface area contributed by atoms with E-state index >= 15 is 0 Å². The molecule has 0 unspecified atom stereocenters. The Balaban J connectivity index is 1.81. The fourth-order valence-electron chi connectivity index (χ4n) is 4.90. The first-order valence-corrected chi connectivity index (χ1v) is 13.0. The molecule has 0 spiro atoms. The molecule has 0 amide bonds. The summed E-state index contributed by atoms with van der Waals surface area (Å²) in [5.41, 5.74) is 6.32. The predicted octanol–water partition coefficient (Wildman–Crippen LogP) is 7.96. The molecule has 0 saturated carbocycles. The van der Waals surface area contributed by atoms with Crippen LogP contribution >= 0.6 is 11.6 Å². The molecule has 0 atom stereocenters. The number of para-hydroxylation sites is 1. The summed E-state index contributed by atoms with van der Waals surface area (Å²) in [5.74, 6) is 1.15. The first-order valence-electron chi connectivity index (χ1n) is 12.6. The third kappa shape index (κ3) is 4.33. The van der Waals surface area contributed by atoms with Crippen LogP contribution in [-0.4, -0.2) is 29.0 Å². The number of halogens is 1. The number of methoxy groups -OCH3 is 2. The number of rotatable bonds is 6. The molecule has 2 heterocycles. The zero-order chi connectivity index (χ0) is 27.6. The van der Waals surface area contributed by atoms with Gasteiger partial charge in [0.25, 0.3) is 0 Å². The van der Waals surface area contributed by atoms with Gasteiger partial charge in [-0.05, 0) is 42.0 Å². The van der Waals surface area contributed by atoms with Crippen molar-refractivity contribution in [2.24, 2.45) is 0 Å². The van der Waals surface area contributed by atoms with Gasteiger partial charge in [0.15, 0.2) is 17.1 Å². The number of nitrogens with zero attached hydrogens (tertiary/aromatic N) is 4. The molecule has 4 aromatic carbocycles. The number of aromatic nitrogens is 3. The largest absolute Gasteiger partial charge is 0.493 e. The van der Waals surface area contributed by atoms with Crippen LogP contribution < -0.4 is 9.47 Å². The number of hydrogen-bond acceptors (Lipinski definition) is 5. The summed E-state index contributed by atoms with van der Waals surface area (Å²) >= 11 is 6.21. The van der Waals surface area contributed by atoms with Crippen LogP contribution in [0.5, 0.6) is 11.5 Å². The predicted molar refractivity (Wildman–Crippen MR) is 158 cm³/mol. The Morgan fingerprint density at radius 1 is 0.725 bits per heavy atom. The maximum atomic E-state index is 10.6. The maximum Gasteiger partial charge on any atom is 0.164 e. The topological polar surface area (TPSA) is 73.0 Å². The lowest BCUT2D eigenvalue weighted by Gasteiger charge is -2.15. The normalized spacial score (nSPS) is 10.8. The highest BCUT2D eigenvalue weighted by Crippen LogP contribution is 2.43. The minimum absolute atomic E-state index is 0.423. The molecule has 0 fully saturated rings. The van der Waals surface area contributed by atoms with Gasteiger partial charge >= 0.3 is 0 Å². The minimum Gasteiger partial charge on any atom is -0.493 e. The van der Waals surface area contributed by atoms with Crippen LogP contribution in [-0.2, 0) is 0 Å². The second-order valence-electron chi connectivity index (χ2n) is 9.06. The average molecular weight is 543 g/mol. The number of nitriles is 1. The highest BCUT2D eigenvalue weighted by Gasteiger charge is 2.26. The van der Waals surface area contributed by atoms with Gasteiger partial charge in [-0.3, -0.25) is 0 Å². The third-order valence-electron chi connectivity index (χ3n) is 6.77. The van der Waals surface area contributed by atoms with Crippen molar-refractivity contribution in [2.45, 2.75) is 0 Å². The Morgan fingerprint density at radius 3 is 2.00 bits per heavy atom. The summed E-state index contributed by atoms with van der Waals surface area (Å²) in [7, 11) is 3.19. The quantitative estimate of drug-likeness (QED) is 0.213. The Bertz CT molecular complexity index is 1880. The summed E-state index contributed by atoms with van der Waals surface area (Å²) in [6.45, 7) is 0. The Labute approximate surface area is 236 Å². The Hall–Kier alpha value is -5.12. The molecular weight excluding hydrogens is 520 g/mol. The van der Waals surface area contributed by atoms with Crippen LogP contribution in [0.3, 0.4) is 0 Å². The highest BCUT2D eigenvalue weighted by molar-refractivity contribution is 6.30. The molecule has 0 aliphatic rings. The zero-order valence-electron chi connectivity index (χ0n) is 21.8. The standard InChI is InChI=1S/C33H23ClN4O2/c1-39-27-18-15-23(19-28(27)40-2)29-26(20-35)31(22-13-16-24(34)17-14-22)36-33-30(29)32(21-9-5-3-6-10-21)37-38(33)25-11-7-4-8-12-25/h3-19H,1-2H3. The van der Waals surface area contributed by atoms with Crippen LogP contribution in [0, 0.1) is 11.3 Å². The van der Waals surface area contributed by atoms with Gasteiger partial charge < -0.3 is 9.47 Å². The van der Waals surface area contributed by atoms with E-state index < -0.39 is 0 Å². The van der Waals surface area contributed by atoms with Crippen molar-refractivity contribution in [3.8, 4) is 56.9 Å². The second kappa shape index (κ2) is 10.6. The van der Waals surface area contributed by atoms with Crippen LogP contribution in [0.2, 0.25) is 5.02 Å². The molecule has 0 aliphatic heterocycles. The number of pyridine rings is 1. The van der Waals surface area contributed by atoms with E-state index in [0.717, 1.165) is 33.5 Å². The molecule has 0 saturated heterocycles. The van der Waals surface area contributed by atoms with E-state index in [1.807, 2.05) is 95.7 Å². The molecule has 0 aliphatic carbocycles. The fourth-order valence-corrected chi connectivity index (χ4v) is 5.03. The molecule has 0 N–H and O–H groups in total. The minimum atomic E-state index is 0.423. The molecule has 6 rings (SSSR count). The summed E-state index contributed by atoms with van der Waals surface area (Å²) in [4.78, 5) is 5.11. The smallest absolute Gasteiger partial charge is 0.164 e. The molecule has 6 aromatic rings. The van der Waals surface area contributed by atoms with Gasteiger partial charge in [0.05, 0.1) is 36.6 Å². The van der Waals surface area contributed by atoms with Crippen LogP contribution in [0.15, 0.2) is 103 Å². The number of fused-ring (bicyclic) bond motifs is 1. The van der Waals surface area contributed by atoms with Crippen molar-refractivity contribution in [3.05, 3.63) is 114 Å². The lowest BCUT2D eigenvalue weighted by atomic mass is 9.92. The monoisotopic (exact) mass is 542 g/mol. The summed E-state index contributed by atoms with van der Waals surface area (Å²) in [5, 5.41) is 17.1. The maximum absolute atomic E-state index is 10.6. The lowest BCUT2D eigenvalue weighted by molar-refractivity contribution is 0.355. The fraction of sp³-hybridized carbons (Fsp3) is 0.0606. The number of ether oxygens (including phenoxy) is 2. The van der Waals surface area contributed by atoms with Gasteiger partial charge in [0.2, 0.25) is 0 Å². The van der Waals surface area contributed by atoms with Gasteiger partial charge in [-0.1, -0.05) is 78.3 Å². The summed E-state index contributed by atoms with van der Waals surface area (Å²) < 4.78 is 13.0. The van der Waals surface area contributed by atoms with Crippen molar-refractivity contribution < 1.29 is 9.47 Å². The van der Waals surface area contributed by atoms with Gasteiger partial charge in [-0.25, -0.2) is 9.67 Å². The van der Waals surface area contributed by atoms with Gasteiger partial charge in [0.1, 0.15) is 11.8 Å². The molecular formula is C33H23ClN4O2. The molecule has 7 heteroatoms. The van der Waals surface area contributed by atoms with E-state index in [1.54, 1.807) is 26.4 Å². The average Bonchev–Trinajstić information content (AvgIpc) is 3.40. The third-order valence-corrected chi connectivity index (χ3v) is 7.02. The van der Waals surface area contributed by atoms with E-state index in [-0.39, 0.29) is 0 Å². The van der Waals surface area contributed by atoms with E-state index in [1.165, 1.54) is 0 Å². The van der Waals surface area contributed by atoms with Crippen molar-refractivity contribution in [1.29, 1.82) is 5.26 Å². The second-order valence-corrected chi connectivity index (χ2v) is 9.50. The van der Waals surface area contributed by atoms with E-state index in [9.17, 15) is 5.26 Å². The molecule has 0 radical (unpaired) electrons. The van der Waals surface area contributed by atoms with Crippen molar-refractivity contribution in [3.63, 3.8) is 0 Å². The molecule has 194 valence electrons. The van der Waals surface area contributed by atoms with Crippen LogP contribution in [0.25, 0.3) is 50.4 Å². The SMILES string of the molecule is COc1ccc(-c2c(C#N)c(-c3ccc(Cl)cc3)nc3c2c(-c2ccccc2)nn3-c2ccccc2)cc1OC. The number of hydrogen-bond donors (Lipinski definition) is 0. The molecule has 40 heavy (non-hydrogen) atoms. The van der Waals surface area contributed by atoms with E-state index in [2.05, 4.69) is 6.07 Å². The van der Waals surface area contributed by atoms with Gasteiger partial charge in [0, 0.05) is 21.7 Å². The van der Waals surface area contributed by atoms with Gasteiger partial charge in [-0.15, -0.1) is 0 Å². The first kappa shape index (κ1) is 25.2. The van der Waals surface area contributed by atoms with Crippen LogP contribution in [0.1, 0.15) is 5.56 Å². The van der Waals surface area contributed by atoms with E-state index in [0.29, 0.717) is 39.0 Å². The van der Waals surface area contributed by atoms with Crippen molar-refractivity contribution in [2.75, 3.05) is 14.2 Å². The Kier molecular flexibility index (Phi) is 6.65.